The molecule has 0 radical (unpaired) electrons. The van der Waals surface area contributed by atoms with E-state index in [0.29, 0.717) is 29.0 Å². The fourth-order valence-corrected chi connectivity index (χ4v) is 4.36. The zero-order valence-electron chi connectivity index (χ0n) is 21.4. The lowest BCUT2D eigenvalue weighted by atomic mass is 10.1. The molecule has 194 valence electrons. The first-order chi connectivity index (χ1) is 17.8. The standard InChI is InChI=1S/C27H31N5O4S/c1-6-11-32-24(16-28-25(33)10-8-20-7-9-22(35-4)23(15-20)36-5)30-31-27(32)37-17-26(34)29-21-13-18(2)12-19(3)14-21/h6-10,12-15H,1,11,16-17H2,2-5H3,(H,28,33)(H,29,34). The molecule has 0 saturated heterocycles. The summed E-state index contributed by atoms with van der Waals surface area (Å²) in [6.45, 7) is 8.38. The number of amides is 2. The summed E-state index contributed by atoms with van der Waals surface area (Å²) in [7, 11) is 3.12. The minimum Gasteiger partial charge on any atom is -0.493 e. The van der Waals surface area contributed by atoms with Crippen LogP contribution in [-0.2, 0) is 22.7 Å². The maximum atomic E-state index is 12.5. The molecule has 9 nitrogen and oxygen atoms in total. The molecule has 0 aliphatic heterocycles. The molecule has 0 atom stereocenters. The van der Waals surface area contributed by atoms with E-state index in [-0.39, 0.29) is 24.1 Å². The fourth-order valence-electron chi connectivity index (χ4n) is 3.60. The summed E-state index contributed by atoms with van der Waals surface area (Å²) in [5.74, 6) is 1.49. The number of benzene rings is 2. The Labute approximate surface area is 221 Å². The second-order valence-electron chi connectivity index (χ2n) is 8.18. The van der Waals surface area contributed by atoms with Gasteiger partial charge in [-0.25, -0.2) is 0 Å². The minimum absolute atomic E-state index is 0.140. The zero-order valence-corrected chi connectivity index (χ0v) is 22.2. The maximum absolute atomic E-state index is 12.5. The van der Waals surface area contributed by atoms with E-state index in [9.17, 15) is 9.59 Å². The molecule has 0 bridgehead atoms. The molecule has 0 fully saturated rings. The number of anilines is 1. The monoisotopic (exact) mass is 521 g/mol. The second-order valence-corrected chi connectivity index (χ2v) is 9.12. The fraction of sp³-hybridized carbons (Fsp3) is 0.259. The van der Waals surface area contributed by atoms with Gasteiger partial charge in [-0.05, 0) is 60.9 Å². The van der Waals surface area contributed by atoms with Crippen LogP contribution in [0, 0.1) is 13.8 Å². The van der Waals surface area contributed by atoms with Gasteiger partial charge in [-0.3, -0.25) is 9.59 Å². The van der Waals surface area contributed by atoms with Gasteiger partial charge in [0.1, 0.15) is 0 Å². The molecule has 2 N–H and O–H groups in total. The molecule has 0 aliphatic carbocycles. The molecule has 2 aromatic carbocycles. The molecule has 37 heavy (non-hydrogen) atoms. The largest absolute Gasteiger partial charge is 0.493 e. The minimum atomic E-state index is -0.287. The number of rotatable bonds is 12. The quantitative estimate of drug-likeness (QED) is 0.209. The van der Waals surface area contributed by atoms with Crippen LogP contribution in [0.5, 0.6) is 11.5 Å². The normalized spacial score (nSPS) is 10.8. The first kappa shape index (κ1) is 27.5. The third-order valence-electron chi connectivity index (χ3n) is 5.20. The zero-order chi connectivity index (χ0) is 26.8. The van der Waals surface area contributed by atoms with E-state index in [4.69, 9.17) is 9.47 Å². The van der Waals surface area contributed by atoms with Crippen LogP contribution < -0.4 is 20.1 Å². The highest BCUT2D eigenvalue weighted by molar-refractivity contribution is 7.99. The van der Waals surface area contributed by atoms with E-state index in [1.54, 1.807) is 38.5 Å². The van der Waals surface area contributed by atoms with Crippen molar-refractivity contribution in [3.05, 3.63) is 77.6 Å². The summed E-state index contributed by atoms with van der Waals surface area (Å²) in [6, 6.07) is 11.3. The second kappa shape index (κ2) is 13.3. The Morgan fingerprint density at radius 1 is 1.05 bits per heavy atom. The number of ether oxygens (including phenoxy) is 2. The van der Waals surface area contributed by atoms with Gasteiger partial charge in [-0.15, -0.1) is 16.8 Å². The third kappa shape index (κ3) is 7.97. The number of aromatic nitrogens is 3. The number of hydrogen-bond donors (Lipinski definition) is 2. The van der Waals surface area contributed by atoms with Crippen molar-refractivity contribution in [1.29, 1.82) is 0 Å². The van der Waals surface area contributed by atoms with Crippen molar-refractivity contribution in [2.24, 2.45) is 0 Å². The smallest absolute Gasteiger partial charge is 0.244 e. The van der Waals surface area contributed by atoms with E-state index in [1.807, 2.05) is 36.6 Å². The lowest BCUT2D eigenvalue weighted by Gasteiger charge is -2.09. The molecular formula is C27H31N5O4S. The van der Waals surface area contributed by atoms with Crippen LogP contribution in [0.2, 0.25) is 0 Å². The number of nitrogens with one attached hydrogen (secondary N) is 2. The highest BCUT2D eigenvalue weighted by Gasteiger charge is 2.14. The summed E-state index contributed by atoms with van der Waals surface area (Å²) >= 11 is 1.27. The SMILES string of the molecule is C=CCn1c(CNC(=O)C=Cc2ccc(OC)c(OC)c2)nnc1SCC(=O)Nc1cc(C)cc(C)c1. The predicted octanol–water partition coefficient (Wildman–Crippen LogP) is 4.16. The van der Waals surface area contributed by atoms with Gasteiger partial charge >= 0.3 is 0 Å². The number of carbonyl (C=O) groups is 2. The van der Waals surface area contributed by atoms with E-state index >= 15 is 0 Å². The first-order valence-corrected chi connectivity index (χ1v) is 12.5. The molecule has 0 saturated carbocycles. The number of hydrogen-bond acceptors (Lipinski definition) is 7. The van der Waals surface area contributed by atoms with Gasteiger partial charge in [-0.1, -0.05) is 30.0 Å². The number of thioether (sulfide) groups is 1. The average molecular weight is 522 g/mol. The van der Waals surface area contributed by atoms with Gasteiger partial charge in [0.05, 0.1) is 26.5 Å². The van der Waals surface area contributed by atoms with Crippen LogP contribution in [0.15, 0.2) is 60.3 Å². The summed E-state index contributed by atoms with van der Waals surface area (Å²) in [6.07, 6.45) is 4.83. The molecular weight excluding hydrogens is 490 g/mol. The average Bonchev–Trinajstić information content (AvgIpc) is 3.25. The van der Waals surface area contributed by atoms with Crippen LogP contribution in [-0.4, -0.2) is 46.6 Å². The molecule has 3 aromatic rings. The van der Waals surface area contributed by atoms with Gasteiger partial charge in [-0.2, -0.15) is 0 Å². The summed E-state index contributed by atoms with van der Waals surface area (Å²) in [5, 5.41) is 14.7. The van der Waals surface area contributed by atoms with Crippen LogP contribution >= 0.6 is 11.8 Å². The van der Waals surface area contributed by atoms with Crippen LogP contribution in [0.3, 0.4) is 0 Å². The van der Waals surface area contributed by atoms with Crippen LogP contribution in [0.1, 0.15) is 22.5 Å². The molecule has 0 spiro atoms. The van der Waals surface area contributed by atoms with Gasteiger partial charge in [0.25, 0.3) is 0 Å². The molecule has 3 rings (SSSR count). The van der Waals surface area contributed by atoms with E-state index in [1.165, 1.54) is 17.8 Å². The van der Waals surface area contributed by atoms with Crippen molar-refractivity contribution < 1.29 is 19.1 Å². The topological polar surface area (TPSA) is 107 Å². The van der Waals surface area contributed by atoms with E-state index in [2.05, 4.69) is 33.5 Å². The Balaban J connectivity index is 1.58. The van der Waals surface area contributed by atoms with Gasteiger partial charge in [0, 0.05) is 18.3 Å². The lowest BCUT2D eigenvalue weighted by Crippen LogP contribution is -2.23. The van der Waals surface area contributed by atoms with Crippen LogP contribution in [0.4, 0.5) is 5.69 Å². The molecule has 2 amide bonds. The highest BCUT2D eigenvalue weighted by atomic mass is 32.2. The van der Waals surface area contributed by atoms with Crippen molar-refractivity contribution in [3.8, 4) is 11.5 Å². The third-order valence-corrected chi connectivity index (χ3v) is 6.17. The molecule has 0 unspecified atom stereocenters. The van der Waals surface area contributed by atoms with E-state index in [0.717, 1.165) is 22.4 Å². The van der Waals surface area contributed by atoms with Crippen LogP contribution in [0.25, 0.3) is 6.08 Å². The molecule has 0 aliphatic rings. The van der Waals surface area contributed by atoms with Crippen molar-refractivity contribution in [2.45, 2.75) is 32.1 Å². The van der Waals surface area contributed by atoms with Crippen molar-refractivity contribution in [3.63, 3.8) is 0 Å². The Kier molecular flexibility index (Phi) is 9.91. The van der Waals surface area contributed by atoms with Gasteiger partial charge < -0.3 is 24.7 Å². The summed E-state index contributed by atoms with van der Waals surface area (Å²) < 4.78 is 12.3. The number of aryl methyl sites for hydroxylation is 2. The van der Waals surface area contributed by atoms with Crippen molar-refractivity contribution >= 4 is 35.3 Å². The number of methoxy groups -OCH3 is 2. The maximum Gasteiger partial charge on any atom is 0.244 e. The first-order valence-electron chi connectivity index (χ1n) is 11.5. The Hall–Kier alpha value is -4.05. The molecule has 10 heteroatoms. The Bertz CT molecular complexity index is 1280. The van der Waals surface area contributed by atoms with Gasteiger partial charge in [0.2, 0.25) is 11.8 Å². The Morgan fingerprint density at radius 2 is 1.78 bits per heavy atom. The number of nitrogens with zero attached hydrogens (tertiary/aromatic N) is 3. The Morgan fingerprint density at radius 3 is 2.46 bits per heavy atom. The van der Waals surface area contributed by atoms with Gasteiger partial charge in [0.15, 0.2) is 22.5 Å². The summed E-state index contributed by atoms with van der Waals surface area (Å²) in [5.41, 5.74) is 3.72. The predicted molar refractivity (Wildman–Crippen MR) is 146 cm³/mol. The number of carbonyl (C=O) groups excluding carboxylic acids is 2. The molecule has 1 heterocycles. The van der Waals surface area contributed by atoms with Crippen molar-refractivity contribution in [1.82, 2.24) is 20.1 Å². The number of allylic oxidation sites excluding steroid dienone is 1. The highest BCUT2D eigenvalue weighted by Crippen LogP contribution is 2.28. The summed E-state index contributed by atoms with van der Waals surface area (Å²) in [4.78, 5) is 24.9. The van der Waals surface area contributed by atoms with E-state index < -0.39 is 0 Å². The lowest BCUT2D eigenvalue weighted by molar-refractivity contribution is -0.116. The molecule has 1 aromatic heterocycles. The van der Waals surface area contributed by atoms with Crippen molar-refractivity contribution in [2.75, 3.05) is 25.3 Å².